The molecule has 0 aromatic heterocycles. The summed E-state index contributed by atoms with van der Waals surface area (Å²) in [4.78, 5) is 12.1. The molecule has 0 bridgehead atoms. The van der Waals surface area contributed by atoms with Crippen LogP contribution in [0.2, 0.25) is 0 Å². The van der Waals surface area contributed by atoms with Crippen molar-refractivity contribution in [1.29, 1.82) is 0 Å². The van der Waals surface area contributed by atoms with E-state index in [9.17, 15) is 4.79 Å². The van der Waals surface area contributed by atoms with Crippen LogP contribution in [-0.2, 0) is 9.53 Å². The fraction of sp³-hybridized carbons (Fsp3) is 0.917. The maximum atomic E-state index is 12.1. The molecule has 1 saturated heterocycles. The summed E-state index contributed by atoms with van der Waals surface area (Å²) < 4.78 is 5.38. The highest BCUT2D eigenvalue weighted by atomic mass is 16.5. The second-order valence-corrected chi connectivity index (χ2v) is 4.73. The Hall–Kier alpha value is -0.570. The minimum absolute atomic E-state index is 0.00103. The minimum Gasteiger partial charge on any atom is -0.463 e. The zero-order valence-electron chi connectivity index (χ0n) is 10.1. The van der Waals surface area contributed by atoms with Crippen LogP contribution in [0.1, 0.15) is 46.5 Å². The molecule has 15 heavy (non-hydrogen) atoms. The molecule has 1 heterocycles. The molecule has 0 atom stereocenters. The van der Waals surface area contributed by atoms with E-state index in [1.165, 1.54) is 0 Å². The Morgan fingerprint density at radius 3 is 2.47 bits per heavy atom. The fourth-order valence-electron chi connectivity index (χ4n) is 2.28. The fourth-order valence-corrected chi connectivity index (χ4v) is 2.28. The van der Waals surface area contributed by atoms with Gasteiger partial charge in [0.15, 0.2) is 0 Å². The second kappa shape index (κ2) is 5.50. The number of nitrogens with one attached hydrogen (secondary N) is 1. The molecule has 0 radical (unpaired) electrons. The van der Waals surface area contributed by atoms with Gasteiger partial charge in [0.1, 0.15) is 0 Å². The molecule has 0 aromatic carbocycles. The third kappa shape index (κ3) is 3.20. The van der Waals surface area contributed by atoms with Gasteiger partial charge in [-0.1, -0.05) is 13.3 Å². The van der Waals surface area contributed by atoms with Crippen molar-refractivity contribution in [3.8, 4) is 0 Å². The topological polar surface area (TPSA) is 38.3 Å². The first-order valence-corrected chi connectivity index (χ1v) is 6.02. The van der Waals surface area contributed by atoms with Crippen LogP contribution in [0.25, 0.3) is 0 Å². The number of rotatable bonds is 4. The summed E-state index contributed by atoms with van der Waals surface area (Å²) in [5.74, 6) is 0.0147. The quantitative estimate of drug-likeness (QED) is 0.727. The molecule has 1 aliphatic heterocycles. The zero-order chi connectivity index (χ0) is 11.3. The Balaban J connectivity index is 2.66. The van der Waals surface area contributed by atoms with Crippen LogP contribution in [0.15, 0.2) is 0 Å². The molecule has 88 valence electrons. The van der Waals surface area contributed by atoms with Crippen LogP contribution < -0.4 is 5.32 Å². The monoisotopic (exact) mass is 213 g/mol. The molecule has 0 spiro atoms. The molecule has 0 amide bonds. The molecular weight excluding hydrogens is 190 g/mol. The zero-order valence-corrected chi connectivity index (χ0v) is 10.1. The van der Waals surface area contributed by atoms with E-state index in [1.54, 1.807) is 0 Å². The van der Waals surface area contributed by atoms with Gasteiger partial charge in [0, 0.05) is 0 Å². The van der Waals surface area contributed by atoms with E-state index in [0.29, 0.717) is 0 Å². The SMILES string of the molecule is CCCC1(C(=O)OC(C)C)CCNCC1. The Morgan fingerprint density at radius 1 is 1.40 bits per heavy atom. The van der Waals surface area contributed by atoms with Crippen LogP contribution in [-0.4, -0.2) is 25.2 Å². The van der Waals surface area contributed by atoms with Crippen LogP contribution in [0.3, 0.4) is 0 Å². The Kier molecular flexibility index (Phi) is 4.58. The summed E-state index contributed by atoms with van der Waals surface area (Å²) >= 11 is 0. The van der Waals surface area contributed by atoms with Crippen LogP contribution >= 0.6 is 0 Å². The van der Waals surface area contributed by atoms with Crippen molar-refractivity contribution in [3.05, 3.63) is 0 Å². The number of hydrogen-bond acceptors (Lipinski definition) is 3. The number of hydrogen-bond donors (Lipinski definition) is 1. The molecule has 1 aliphatic rings. The van der Waals surface area contributed by atoms with E-state index in [4.69, 9.17) is 4.74 Å². The Morgan fingerprint density at radius 2 is 2.00 bits per heavy atom. The van der Waals surface area contributed by atoms with Gasteiger partial charge in [-0.2, -0.15) is 0 Å². The van der Waals surface area contributed by atoms with Crippen molar-refractivity contribution in [1.82, 2.24) is 5.32 Å². The van der Waals surface area contributed by atoms with Crippen molar-refractivity contribution in [3.63, 3.8) is 0 Å². The van der Waals surface area contributed by atoms with Gasteiger partial charge < -0.3 is 10.1 Å². The summed E-state index contributed by atoms with van der Waals surface area (Å²) in [6.07, 6.45) is 3.85. The first-order chi connectivity index (χ1) is 7.10. The first kappa shape index (κ1) is 12.5. The van der Waals surface area contributed by atoms with Gasteiger partial charge in [-0.3, -0.25) is 4.79 Å². The molecule has 0 unspecified atom stereocenters. The Labute approximate surface area is 92.6 Å². The van der Waals surface area contributed by atoms with E-state index in [1.807, 2.05) is 13.8 Å². The van der Waals surface area contributed by atoms with E-state index < -0.39 is 0 Å². The standard InChI is InChI=1S/C12H23NO2/c1-4-5-12(6-8-13-9-7-12)11(14)15-10(2)3/h10,13H,4-9H2,1-3H3. The minimum atomic E-state index is -0.204. The third-order valence-electron chi connectivity index (χ3n) is 3.06. The number of esters is 1. The maximum Gasteiger partial charge on any atom is 0.312 e. The second-order valence-electron chi connectivity index (χ2n) is 4.73. The molecule has 1 rings (SSSR count). The van der Waals surface area contributed by atoms with Crippen molar-refractivity contribution in [2.24, 2.45) is 5.41 Å². The molecule has 1 N–H and O–H groups in total. The van der Waals surface area contributed by atoms with Gasteiger partial charge in [-0.15, -0.1) is 0 Å². The molecule has 0 saturated carbocycles. The largest absolute Gasteiger partial charge is 0.463 e. The van der Waals surface area contributed by atoms with Crippen molar-refractivity contribution >= 4 is 5.97 Å². The summed E-state index contributed by atoms with van der Waals surface area (Å²) in [6.45, 7) is 7.84. The van der Waals surface area contributed by atoms with Gasteiger partial charge in [0.2, 0.25) is 0 Å². The lowest BCUT2D eigenvalue weighted by atomic mass is 9.75. The molecule has 0 aromatic rings. The van der Waals surface area contributed by atoms with E-state index in [-0.39, 0.29) is 17.5 Å². The molecule has 0 aliphatic carbocycles. The van der Waals surface area contributed by atoms with Gasteiger partial charge >= 0.3 is 5.97 Å². The lowest BCUT2D eigenvalue weighted by molar-refractivity contribution is -0.162. The highest BCUT2D eigenvalue weighted by molar-refractivity contribution is 5.77. The number of carbonyl (C=O) groups excluding carboxylic acids is 1. The number of ether oxygens (including phenoxy) is 1. The summed E-state index contributed by atoms with van der Waals surface area (Å²) in [7, 11) is 0. The predicted molar refractivity (Wildman–Crippen MR) is 60.7 cm³/mol. The molecule has 3 heteroatoms. The smallest absolute Gasteiger partial charge is 0.312 e. The normalized spacial score (nSPS) is 20.3. The lowest BCUT2D eigenvalue weighted by Crippen LogP contribution is -2.43. The van der Waals surface area contributed by atoms with E-state index >= 15 is 0 Å². The first-order valence-electron chi connectivity index (χ1n) is 6.02. The van der Waals surface area contributed by atoms with Crippen molar-refractivity contribution in [2.75, 3.05) is 13.1 Å². The van der Waals surface area contributed by atoms with Gasteiger partial charge in [0.25, 0.3) is 0 Å². The highest BCUT2D eigenvalue weighted by Gasteiger charge is 2.40. The lowest BCUT2D eigenvalue weighted by Gasteiger charge is -2.35. The summed E-state index contributed by atoms with van der Waals surface area (Å²) in [5.41, 5.74) is -0.204. The van der Waals surface area contributed by atoms with Crippen LogP contribution in [0.5, 0.6) is 0 Å². The average molecular weight is 213 g/mol. The molecule has 3 nitrogen and oxygen atoms in total. The molecular formula is C12H23NO2. The predicted octanol–water partition coefficient (Wildman–Crippen LogP) is 2.11. The van der Waals surface area contributed by atoms with E-state index in [0.717, 1.165) is 38.8 Å². The third-order valence-corrected chi connectivity index (χ3v) is 3.06. The Bertz CT molecular complexity index is 202. The van der Waals surface area contributed by atoms with Crippen LogP contribution in [0.4, 0.5) is 0 Å². The van der Waals surface area contributed by atoms with E-state index in [2.05, 4.69) is 12.2 Å². The average Bonchev–Trinajstić information content (AvgIpc) is 2.18. The highest BCUT2D eigenvalue weighted by Crippen LogP contribution is 2.35. The summed E-state index contributed by atoms with van der Waals surface area (Å²) in [5, 5.41) is 3.30. The van der Waals surface area contributed by atoms with Gasteiger partial charge in [-0.25, -0.2) is 0 Å². The summed E-state index contributed by atoms with van der Waals surface area (Å²) in [6, 6.07) is 0. The van der Waals surface area contributed by atoms with Gasteiger partial charge in [-0.05, 0) is 46.2 Å². The number of carbonyl (C=O) groups is 1. The van der Waals surface area contributed by atoms with Gasteiger partial charge in [0.05, 0.1) is 11.5 Å². The molecule has 1 fully saturated rings. The van der Waals surface area contributed by atoms with Crippen LogP contribution in [0, 0.1) is 5.41 Å². The number of piperidine rings is 1. The van der Waals surface area contributed by atoms with Crippen molar-refractivity contribution < 1.29 is 9.53 Å². The maximum absolute atomic E-state index is 12.1. The van der Waals surface area contributed by atoms with Crippen molar-refractivity contribution in [2.45, 2.75) is 52.6 Å².